The Hall–Kier alpha value is -1.02. The molecule has 0 aromatic heterocycles. The fourth-order valence-electron chi connectivity index (χ4n) is 1.81. The second-order valence-electron chi connectivity index (χ2n) is 4.11. The third-order valence-corrected chi connectivity index (χ3v) is 2.75. The third kappa shape index (κ3) is 3.53. The van der Waals surface area contributed by atoms with Crippen molar-refractivity contribution < 1.29 is 4.79 Å². The molecule has 0 aliphatic rings. The number of benzene rings is 1. The van der Waals surface area contributed by atoms with Crippen molar-refractivity contribution in [1.29, 1.82) is 0 Å². The van der Waals surface area contributed by atoms with Crippen LogP contribution in [-0.4, -0.2) is 11.8 Å². The van der Waals surface area contributed by atoms with Crippen LogP contribution in [0.5, 0.6) is 0 Å². The largest absolute Gasteiger partial charge is 0.326 e. The summed E-state index contributed by atoms with van der Waals surface area (Å²) in [5.41, 5.74) is 4.37. The third-order valence-electron chi connectivity index (χ3n) is 2.48. The number of hydrogen-bond acceptors (Lipinski definition) is 1. The highest BCUT2D eigenvalue weighted by atomic mass is 35.5. The molecule has 0 bridgehead atoms. The molecule has 0 saturated carbocycles. The van der Waals surface area contributed by atoms with Crippen LogP contribution in [0, 0.1) is 20.8 Å². The van der Waals surface area contributed by atoms with Gasteiger partial charge in [-0.25, -0.2) is 0 Å². The van der Waals surface area contributed by atoms with Crippen LogP contribution in [0.2, 0.25) is 0 Å². The van der Waals surface area contributed by atoms with Crippen LogP contribution in [0.1, 0.15) is 29.5 Å². The molecule has 0 heterocycles. The van der Waals surface area contributed by atoms with E-state index >= 15 is 0 Å². The number of amides is 1. The molecule has 0 atom stereocenters. The summed E-state index contributed by atoms with van der Waals surface area (Å²) in [6.45, 7) is 6.08. The van der Waals surface area contributed by atoms with Gasteiger partial charge < -0.3 is 5.32 Å². The maximum Gasteiger partial charge on any atom is 0.224 e. The van der Waals surface area contributed by atoms with Crippen molar-refractivity contribution >= 4 is 23.2 Å². The van der Waals surface area contributed by atoms with E-state index in [0.29, 0.717) is 12.3 Å². The summed E-state index contributed by atoms with van der Waals surface area (Å²) in [6, 6.07) is 4.15. The maximum atomic E-state index is 11.6. The molecule has 0 fully saturated rings. The number of rotatable bonds is 4. The normalized spacial score (nSPS) is 10.2. The average Bonchev–Trinajstić information content (AvgIpc) is 2.20. The van der Waals surface area contributed by atoms with E-state index in [1.807, 2.05) is 13.8 Å². The summed E-state index contributed by atoms with van der Waals surface area (Å²) in [5.74, 6) is 0.565. The van der Waals surface area contributed by atoms with E-state index in [1.54, 1.807) is 0 Å². The highest BCUT2D eigenvalue weighted by molar-refractivity contribution is 6.18. The first-order chi connectivity index (χ1) is 7.54. The SMILES string of the molecule is Cc1cc(C)c(NC(=O)CCCCl)c(C)c1. The molecule has 1 aromatic rings. The van der Waals surface area contributed by atoms with E-state index in [9.17, 15) is 4.79 Å². The summed E-state index contributed by atoms with van der Waals surface area (Å²) in [6.07, 6.45) is 1.20. The molecule has 0 saturated heterocycles. The number of hydrogen-bond donors (Lipinski definition) is 1. The van der Waals surface area contributed by atoms with Crippen LogP contribution in [0.4, 0.5) is 5.69 Å². The zero-order valence-electron chi connectivity index (χ0n) is 10.1. The summed E-state index contributed by atoms with van der Waals surface area (Å²) in [5, 5.41) is 2.94. The van der Waals surface area contributed by atoms with Crippen molar-refractivity contribution in [3.8, 4) is 0 Å². The van der Waals surface area contributed by atoms with Crippen molar-refractivity contribution in [3.63, 3.8) is 0 Å². The molecular formula is C13H18ClNO. The topological polar surface area (TPSA) is 29.1 Å². The first-order valence-corrected chi connectivity index (χ1v) is 6.01. The smallest absolute Gasteiger partial charge is 0.224 e. The standard InChI is InChI=1S/C13H18ClNO/c1-9-7-10(2)13(11(3)8-9)15-12(16)5-4-6-14/h7-8H,4-6H2,1-3H3,(H,15,16). The molecule has 3 heteroatoms. The van der Waals surface area contributed by atoms with Gasteiger partial charge in [0.25, 0.3) is 0 Å². The minimum absolute atomic E-state index is 0.0377. The Morgan fingerprint density at radius 3 is 2.31 bits per heavy atom. The predicted molar refractivity (Wildman–Crippen MR) is 69.2 cm³/mol. The number of carbonyl (C=O) groups is 1. The van der Waals surface area contributed by atoms with Gasteiger partial charge in [-0.2, -0.15) is 0 Å². The van der Waals surface area contributed by atoms with Crippen LogP contribution < -0.4 is 5.32 Å². The lowest BCUT2D eigenvalue weighted by Crippen LogP contribution is -2.13. The van der Waals surface area contributed by atoms with Gasteiger partial charge in [0.1, 0.15) is 0 Å². The molecule has 0 aliphatic heterocycles. The molecule has 1 rings (SSSR count). The molecule has 0 unspecified atom stereocenters. The number of alkyl halides is 1. The quantitative estimate of drug-likeness (QED) is 0.800. The molecule has 0 spiro atoms. The van der Waals surface area contributed by atoms with E-state index in [2.05, 4.69) is 24.4 Å². The van der Waals surface area contributed by atoms with Gasteiger partial charge in [-0.3, -0.25) is 4.79 Å². The maximum absolute atomic E-state index is 11.6. The fraction of sp³-hybridized carbons (Fsp3) is 0.462. The van der Waals surface area contributed by atoms with Crippen LogP contribution in [0.3, 0.4) is 0 Å². The number of carbonyl (C=O) groups excluding carboxylic acids is 1. The average molecular weight is 240 g/mol. The van der Waals surface area contributed by atoms with Crippen molar-refractivity contribution in [3.05, 3.63) is 28.8 Å². The molecule has 1 N–H and O–H groups in total. The second-order valence-corrected chi connectivity index (χ2v) is 4.49. The lowest BCUT2D eigenvalue weighted by molar-refractivity contribution is -0.116. The van der Waals surface area contributed by atoms with Crippen LogP contribution >= 0.6 is 11.6 Å². The van der Waals surface area contributed by atoms with Gasteiger partial charge in [-0.1, -0.05) is 17.7 Å². The summed E-state index contributed by atoms with van der Waals surface area (Å²) in [7, 11) is 0. The Balaban J connectivity index is 2.77. The van der Waals surface area contributed by atoms with E-state index in [-0.39, 0.29) is 5.91 Å². The molecule has 16 heavy (non-hydrogen) atoms. The molecule has 1 amide bonds. The lowest BCUT2D eigenvalue weighted by Gasteiger charge is -2.12. The molecule has 88 valence electrons. The highest BCUT2D eigenvalue weighted by Crippen LogP contribution is 2.22. The van der Waals surface area contributed by atoms with Crippen molar-refractivity contribution in [1.82, 2.24) is 0 Å². The molecule has 0 aliphatic carbocycles. The monoisotopic (exact) mass is 239 g/mol. The van der Waals surface area contributed by atoms with Crippen molar-refractivity contribution in [2.24, 2.45) is 0 Å². The van der Waals surface area contributed by atoms with E-state index in [1.165, 1.54) is 5.56 Å². The Kier molecular flexibility index (Phi) is 4.81. The number of halogens is 1. The number of nitrogens with one attached hydrogen (secondary N) is 1. The molecular weight excluding hydrogens is 222 g/mol. The van der Waals surface area contributed by atoms with Gasteiger partial charge in [0.05, 0.1) is 0 Å². The van der Waals surface area contributed by atoms with Crippen molar-refractivity contribution in [2.75, 3.05) is 11.2 Å². The summed E-state index contributed by atoms with van der Waals surface area (Å²) >= 11 is 5.55. The fourth-order valence-corrected chi connectivity index (χ4v) is 1.94. The van der Waals surface area contributed by atoms with Gasteiger partial charge in [-0.05, 0) is 38.3 Å². The number of anilines is 1. The van der Waals surface area contributed by atoms with E-state index in [0.717, 1.165) is 23.2 Å². The summed E-state index contributed by atoms with van der Waals surface area (Å²) < 4.78 is 0. The zero-order valence-corrected chi connectivity index (χ0v) is 10.8. The molecule has 2 nitrogen and oxygen atoms in total. The summed E-state index contributed by atoms with van der Waals surface area (Å²) in [4.78, 5) is 11.6. The van der Waals surface area contributed by atoms with Gasteiger partial charge in [0.2, 0.25) is 5.91 Å². The lowest BCUT2D eigenvalue weighted by atomic mass is 10.0. The van der Waals surface area contributed by atoms with Gasteiger partial charge >= 0.3 is 0 Å². The Bertz CT molecular complexity index is 365. The molecule has 0 radical (unpaired) electrons. The van der Waals surface area contributed by atoms with E-state index in [4.69, 9.17) is 11.6 Å². The minimum atomic E-state index is 0.0377. The highest BCUT2D eigenvalue weighted by Gasteiger charge is 2.07. The van der Waals surface area contributed by atoms with Crippen LogP contribution in [0.25, 0.3) is 0 Å². The minimum Gasteiger partial charge on any atom is -0.326 e. The van der Waals surface area contributed by atoms with Gasteiger partial charge in [0.15, 0.2) is 0 Å². The van der Waals surface area contributed by atoms with Crippen LogP contribution in [-0.2, 0) is 4.79 Å². The van der Waals surface area contributed by atoms with Crippen LogP contribution in [0.15, 0.2) is 12.1 Å². The Labute approximate surface area is 102 Å². The second kappa shape index (κ2) is 5.90. The first kappa shape index (κ1) is 13.0. The molecule has 1 aromatic carbocycles. The van der Waals surface area contributed by atoms with Crippen molar-refractivity contribution in [2.45, 2.75) is 33.6 Å². The van der Waals surface area contributed by atoms with E-state index < -0.39 is 0 Å². The predicted octanol–water partition coefficient (Wildman–Crippen LogP) is 3.57. The van der Waals surface area contributed by atoms with Gasteiger partial charge in [0, 0.05) is 18.0 Å². The van der Waals surface area contributed by atoms with Gasteiger partial charge in [-0.15, -0.1) is 11.6 Å². The first-order valence-electron chi connectivity index (χ1n) is 5.48. The Morgan fingerprint density at radius 2 is 1.81 bits per heavy atom. The Morgan fingerprint density at radius 1 is 1.25 bits per heavy atom. The zero-order chi connectivity index (χ0) is 12.1. The number of aryl methyl sites for hydroxylation is 3.